The maximum absolute atomic E-state index is 11.5. The molecule has 86 valence electrons. The van der Waals surface area contributed by atoms with Crippen molar-refractivity contribution in [2.45, 2.75) is 0 Å². The molecule has 10 heteroatoms. The van der Waals surface area contributed by atoms with Crippen LogP contribution in [-0.2, 0) is 7.05 Å². The SMILES string of the molecule is Cn1c(N)[nH+]c(N=C(N)N)c([N+](=O)[O-])c1=O. The summed E-state index contributed by atoms with van der Waals surface area (Å²) in [6, 6.07) is 0. The normalized spacial score (nSPS) is 9.81. The molecule has 0 fully saturated rings. The number of nitro groups is 1. The second-order valence-corrected chi connectivity index (χ2v) is 2.87. The Morgan fingerprint density at radius 3 is 2.56 bits per heavy atom. The molecule has 0 amide bonds. The van der Waals surface area contributed by atoms with E-state index in [1.807, 2.05) is 0 Å². The van der Waals surface area contributed by atoms with Gasteiger partial charge in [-0.25, -0.2) is 14.3 Å². The average Bonchev–Trinajstić information content (AvgIpc) is 2.12. The molecule has 16 heavy (non-hydrogen) atoms. The van der Waals surface area contributed by atoms with Crippen LogP contribution in [-0.4, -0.2) is 15.4 Å². The second kappa shape index (κ2) is 3.84. The molecule has 7 N–H and O–H groups in total. The Kier molecular flexibility index (Phi) is 2.74. The minimum atomic E-state index is -0.902. The molecule has 0 aliphatic rings. The Balaban J connectivity index is 3.67. The van der Waals surface area contributed by atoms with Gasteiger partial charge in [0.25, 0.3) is 0 Å². The number of guanidine groups is 1. The van der Waals surface area contributed by atoms with Gasteiger partial charge in [0.15, 0.2) is 0 Å². The highest BCUT2D eigenvalue weighted by atomic mass is 16.6. The lowest BCUT2D eigenvalue weighted by atomic mass is 10.4. The van der Waals surface area contributed by atoms with Gasteiger partial charge in [-0.1, -0.05) is 4.99 Å². The molecule has 0 saturated heterocycles. The molecular formula is C6H10N7O3+. The molecule has 0 aromatic carbocycles. The van der Waals surface area contributed by atoms with Crippen molar-refractivity contribution in [2.75, 3.05) is 5.73 Å². The fourth-order valence-corrected chi connectivity index (χ4v) is 1.01. The van der Waals surface area contributed by atoms with Crippen LogP contribution in [0.5, 0.6) is 0 Å². The predicted octanol–water partition coefficient (Wildman–Crippen LogP) is -2.41. The highest BCUT2D eigenvalue weighted by Gasteiger charge is 2.28. The summed E-state index contributed by atoms with van der Waals surface area (Å²) in [5.41, 5.74) is 13.9. The number of nitrogens with zero attached hydrogens (tertiary/aromatic N) is 3. The van der Waals surface area contributed by atoms with E-state index in [2.05, 4.69) is 9.98 Å². The van der Waals surface area contributed by atoms with E-state index in [9.17, 15) is 14.9 Å². The molecule has 0 bridgehead atoms. The highest BCUT2D eigenvalue weighted by Crippen LogP contribution is 2.16. The average molecular weight is 228 g/mol. The molecule has 0 saturated carbocycles. The molecule has 1 heterocycles. The number of H-pyrrole nitrogens is 1. The van der Waals surface area contributed by atoms with Crippen LogP contribution in [0.25, 0.3) is 0 Å². The number of anilines is 1. The van der Waals surface area contributed by atoms with Gasteiger partial charge in [-0.15, -0.1) is 0 Å². The Morgan fingerprint density at radius 1 is 1.56 bits per heavy atom. The number of hydrogen-bond donors (Lipinski definition) is 3. The fraction of sp³-hybridized carbons (Fsp3) is 0.167. The lowest BCUT2D eigenvalue weighted by Crippen LogP contribution is -2.32. The monoisotopic (exact) mass is 228 g/mol. The van der Waals surface area contributed by atoms with Crippen molar-refractivity contribution in [3.63, 3.8) is 0 Å². The van der Waals surface area contributed by atoms with Crippen LogP contribution in [0.2, 0.25) is 0 Å². The zero-order chi connectivity index (χ0) is 12.5. The molecule has 0 unspecified atom stereocenters. The number of hydrogen-bond acceptors (Lipinski definition) is 5. The largest absolute Gasteiger partial charge is 0.412 e. The molecule has 0 aliphatic carbocycles. The van der Waals surface area contributed by atoms with Crippen LogP contribution >= 0.6 is 0 Å². The third-order valence-corrected chi connectivity index (χ3v) is 1.76. The summed E-state index contributed by atoms with van der Waals surface area (Å²) in [6.07, 6.45) is 0. The summed E-state index contributed by atoms with van der Waals surface area (Å²) in [7, 11) is 1.28. The van der Waals surface area contributed by atoms with Crippen molar-refractivity contribution in [3.8, 4) is 0 Å². The molecule has 0 spiro atoms. The first-order chi connectivity index (χ1) is 7.34. The first kappa shape index (κ1) is 11.4. The Labute approximate surface area is 88.5 Å². The summed E-state index contributed by atoms with van der Waals surface area (Å²) >= 11 is 0. The third kappa shape index (κ3) is 1.89. The summed E-state index contributed by atoms with van der Waals surface area (Å²) in [5, 5.41) is 10.7. The lowest BCUT2D eigenvalue weighted by molar-refractivity contribution is -0.409. The lowest BCUT2D eigenvalue weighted by Gasteiger charge is -1.98. The summed E-state index contributed by atoms with van der Waals surface area (Å²) < 4.78 is 0.879. The van der Waals surface area contributed by atoms with E-state index in [1.165, 1.54) is 7.05 Å². The summed E-state index contributed by atoms with van der Waals surface area (Å²) in [4.78, 5) is 27.1. The predicted molar refractivity (Wildman–Crippen MR) is 54.8 cm³/mol. The van der Waals surface area contributed by atoms with Crippen LogP contribution in [0, 0.1) is 10.1 Å². The van der Waals surface area contributed by atoms with Crippen LogP contribution in [0.4, 0.5) is 17.5 Å². The minimum absolute atomic E-state index is 0.101. The van der Waals surface area contributed by atoms with Crippen molar-refractivity contribution in [1.82, 2.24) is 4.57 Å². The first-order valence-corrected chi connectivity index (χ1v) is 4.00. The Bertz CT molecular complexity index is 528. The molecule has 10 nitrogen and oxygen atoms in total. The maximum atomic E-state index is 11.5. The third-order valence-electron chi connectivity index (χ3n) is 1.76. The van der Waals surface area contributed by atoms with E-state index >= 15 is 0 Å². The quantitative estimate of drug-likeness (QED) is 0.220. The Morgan fingerprint density at radius 2 is 2.12 bits per heavy atom. The van der Waals surface area contributed by atoms with Gasteiger partial charge in [0.2, 0.25) is 5.96 Å². The molecule has 0 radical (unpaired) electrons. The molecule has 0 aliphatic heterocycles. The zero-order valence-corrected chi connectivity index (χ0v) is 8.30. The van der Waals surface area contributed by atoms with Gasteiger partial charge in [0.1, 0.15) is 0 Å². The van der Waals surface area contributed by atoms with Crippen molar-refractivity contribution in [3.05, 3.63) is 20.5 Å². The van der Waals surface area contributed by atoms with Crippen LogP contribution < -0.4 is 27.7 Å². The van der Waals surface area contributed by atoms with Gasteiger partial charge in [-0.3, -0.25) is 10.1 Å². The van der Waals surface area contributed by atoms with Gasteiger partial charge in [-0.05, 0) is 0 Å². The Hall–Kier alpha value is -2.65. The first-order valence-electron chi connectivity index (χ1n) is 4.00. The number of nitrogens with one attached hydrogen (secondary N) is 1. The van der Waals surface area contributed by atoms with Crippen molar-refractivity contribution >= 4 is 23.4 Å². The number of nitrogen functional groups attached to an aromatic ring is 1. The number of aromatic amines is 1. The van der Waals surface area contributed by atoms with Crippen molar-refractivity contribution in [1.29, 1.82) is 0 Å². The number of aliphatic imine (C=N–C) groups is 1. The zero-order valence-electron chi connectivity index (χ0n) is 8.30. The van der Waals surface area contributed by atoms with Gasteiger partial charge >= 0.3 is 23.0 Å². The topological polar surface area (TPSA) is 170 Å². The van der Waals surface area contributed by atoms with Crippen LogP contribution in [0.15, 0.2) is 9.79 Å². The van der Waals surface area contributed by atoms with Gasteiger partial charge in [-0.2, -0.15) is 0 Å². The molecular weight excluding hydrogens is 218 g/mol. The van der Waals surface area contributed by atoms with Gasteiger partial charge < -0.3 is 17.2 Å². The molecule has 1 rings (SSSR count). The van der Waals surface area contributed by atoms with Crippen molar-refractivity contribution < 1.29 is 9.91 Å². The standard InChI is InChI=1S/C6H9N7O3/c1-12-4(14)2(13(15)16)3(10-5(7)8)11-6(12)9/h1H3,(H2,9,11)(H4,7,8,10)/p+1. The van der Waals surface area contributed by atoms with E-state index in [-0.39, 0.29) is 11.8 Å². The van der Waals surface area contributed by atoms with Crippen LogP contribution in [0.3, 0.4) is 0 Å². The molecule has 1 aromatic rings. The molecule has 0 atom stereocenters. The van der Waals surface area contributed by atoms with E-state index < -0.39 is 22.1 Å². The smallest absolute Gasteiger partial charge is 0.359 e. The fourth-order valence-electron chi connectivity index (χ4n) is 1.01. The molecule has 1 aromatic heterocycles. The van der Waals surface area contributed by atoms with Crippen LogP contribution in [0.1, 0.15) is 0 Å². The van der Waals surface area contributed by atoms with E-state index in [0.29, 0.717) is 0 Å². The summed E-state index contributed by atoms with van der Waals surface area (Å²) in [5.74, 6) is -0.909. The van der Waals surface area contributed by atoms with E-state index in [1.54, 1.807) is 0 Å². The van der Waals surface area contributed by atoms with E-state index in [4.69, 9.17) is 17.2 Å². The van der Waals surface area contributed by atoms with Gasteiger partial charge in [0.05, 0.1) is 12.0 Å². The maximum Gasteiger partial charge on any atom is 0.412 e. The summed E-state index contributed by atoms with van der Waals surface area (Å²) in [6.45, 7) is 0. The number of aromatic nitrogens is 2. The van der Waals surface area contributed by atoms with E-state index in [0.717, 1.165) is 4.57 Å². The second-order valence-electron chi connectivity index (χ2n) is 2.87. The number of nitrogens with two attached hydrogens (primary N) is 3. The van der Waals surface area contributed by atoms with Crippen molar-refractivity contribution in [2.24, 2.45) is 23.5 Å². The minimum Gasteiger partial charge on any atom is -0.359 e. The highest BCUT2D eigenvalue weighted by molar-refractivity contribution is 5.79. The van der Waals surface area contributed by atoms with Gasteiger partial charge in [0, 0.05) is 0 Å². The number of rotatable bonds is 2.